The number of hydrogen-bond donors (Lipinski definition) is 2. The highest BCUT2D eigenvalue weighted by Gasteiger charge is 2.25. The van der Waals surface area contributed by atoms with Gasteiger partial charge in [-0.3, -0.25) is 0 Å². The highest BCUT2D eigenvalue weighted by molar-refractivity contribution is 5.74. The first-order valence-corrected chi connectivity index (χ1v) is 8.91. The van der Waals surface area contributed by atoms with Gasteiger partial charge in [-0.1, -0.05) is 32.0 Å². The molecule has 134 valence electrons. The summed E-state index contributed by atoms with van der Waals surface area (Å²) in [6.07, 6.45) is 1.44. The number of nitrogens with zero attached hydrogens (tertiary/aromatic N) is 1. The van der Waals surface area contributed by atoms with Gasteiger partial charge in [-0.25, -0.2) is 4.79 Å². The largest absolute Gasteiger partial charge is 0.491 e. The summed E-state index contributed by atoms with van der Waals surface area (Å²) in [5.41, 5.74) is 1.18. The van der Waals surface area contributed by atoms with E-state index in [1.807, 2.05) is 30.0 Å². The lowest BCUT2D eigenvalue weighted by atomic mass is 9.92. The van der Waals surface area contributed by atoms with E-state index in [-0.39, 0.29) is 12.1 Å². The second-order valence-electron chi connectivity index (χ2n) is 6.84. The summed E-state index contributed by atoms with van der Waals surface area (Å²) in [5.74, 6) is 1.61. The van der Waals surface area contributed by atoms with Crippen LogP contribution in [0.1, 0.15) is 45.1 Å². The van der Waals surface area contributed by atoms with E-state index in [0.29, 0.717) is 38.1 Å². The Kier molecular flexibility index (Phi) is 6.91. The van der Waals surface area contributed by atoms with Crippen molar-refractivity contribution in [3.8, 4) is 5.75 Å². The maximum atomic E-state index is 12.2. The lowest BCUT2D eigenvalue weighted by molar-refractivity contribution is 0.0797. The molecule has 2 amide bonds. The minimum Gasteiger partial charge on any atom is -0.491 e. The third-order valence-corrected chi connectivity index (χ3v) is 4.69. The number of hydrogen-bond acceptors (Lipinski definition) is 3. The quantitative estimate of drug-likeness (QED) is 0.786. The summed E-state index contributed by atoms with van der Waals surface area (Å²) in [4.78, 5) is 14.0. The van der Waals surface area contributed by atoms with E-state index in [1.165, 1.54) is 5.56 Å². The SMILES string of the molecule is CC(C)c1ccccc1OCCNC(=O)N1CCC(C(C)O)CC1. The van der Waals surface area contributed by atoms with Gasteiger partial charge in [0.25, 0.3) is 0 Å². The highest BCUT2D eigenvalue weighted by Crippen LogP contribution is 2.25. The molecule has 0 aliphatic carbocycles. The van der Waals surface area contributed by atoms with Crippen molar-refractivity contribution in [2.75, 3.05) is 26.2 Å². The lowest BCUT2D eigenvalue weighted by Crippen LogP contribution is -2.46. The van der Waals surface area contributed by atoms with Crippen LogP contribution in [-0.2, 0) is 0 Å². The van der Waals surface area contributed by atoms with Crippen LogP contribution < -0.4 is 10.1 Å². The number of nitrogens with one attached hydrogen (secondary N) is 1. The molecular formula is C19H30N2O3. The number of likely N-dealkylation sites (tertiary alicyclic amines) is 1. The van der Waals surface area contributed by atoms with Crippen molar-refractivity contribution in [1.82, 2.24) is 10.2 Å². The second kappa shape index (κ2) is 8.92. The van der Waals surface area contributed by atoms with Crippen molar-refractivity contribution in [3.05, 3.63) is 29.8 Å². The van der Waals surface area contributed by atoms with Gasteiger partial charge in [-0.05, 0) is 43.2 Å². The summed E-state index contributed by atoms with van der Waals surface area (Å²) in [5, 5.41) is 12.5. The second-order valence-corrected chi connectivity index (χ2v) is 6.84. The first-order chi connectivity index (χ1) is 11.5. The van der Waals surface area contributed by atoms with Crippen LogP contribution in [0.2, 0.25) is 0 Å². The number of carbonyl (C=O) groups excluding carboxylic acids is 1. The molecule has 24 heavy (non-hydrogen) atoms. The molecule has 0 saturated carbocycles. The zero-order chi connectivity index (χ0) is 17.5. The van der Waals surface area contributed by atoms with Crippen molar-refractivity contribution in [2.45, 2.75) is 45.6 Å². The Morgan fingerprint density at radius 1 is 1.29 bits per heavy atom. The van der Waals surface area contributed by atoms with Gasteiger partial charge in [0.1, 0.15) is 12.4 Å². The average Bonchev–Trinajstić information content (AvgIpc) is 2.58. The predicted octanol–water partition coefficient (Wildman–Crippen LogP) is 2.99. The van der Waals surface area contributed by atoms with Crippen LogP contribution in [0.15, 0.2) is 24.3 Å². The number of ether oxygens (including phenoxy) is 1. The van der Waals surface area contributed by atoms with E-state index >= 15 is 0 Å². The monoisotopic (exact) mass is 334 g/mol. The molecule has 1 aromatic rings. The number of carbonyl (C=O) groups is 1. The maximum Gasteiger partial charge on any atom is 0.317 e. The Hall–Kier alpha value is -1.75. The molecule has 1 unspecified atom stereocenters. The van der Waals surface area contributed by atoms with Crippen molar-refractivity contribution in [1.29, 1.82) is 0 Å². The molecule has 1 aliphatic heterocycles. The van der Waals surface area contributed by atoms with Crippen molar-refractivity contribution < 1.29 is 14.6 Å². The fourth-order valence-electron chi connectivity index (χ4n) is 3.10. The number of piperidine rings is 1. The molecule has 5 nitrogen and oxygen atoms in total. The maximum absolute atomic E-state index is 12.2. The van der Waals surface area contributed by atoms with Crippen LogP contribution in [0.25, 0.3) is 0 Å². The van der Waals surface area contributed by atoms with Crippen molar-refractivity contribution >= 4 is 6.03 Å². The van der Waals surface area contributed by atoms with Crippen molar-refractivity contribution in [3.63, 3.8) is 0 Å². The van der Waals surface area contributed by atoms with E-state index in [1.54, 1.807) is 0 Å². The van der Waals surface area contributed by atoms with Gasteiger partial charge in [-0.15, -0.1) is 0 Å². The topological polar surface area (TPSA) is 61.8 Å². The van der Waals surface area contributed by atoms with E-state index in [4.69, 9.17) is 4.74 Å². The van der Waals surface area contributed by atoms with Gasteiger partial charge in [0.2, 0.25) is 0 Å². The van der Waals surface area contributed by atoms with Gasteiger partial charge < -0.3 is 20.1 Å². The number of urea groups is 1. The molecule has 1 saturated heterocycles. The Morgan fingerprint density at radius 2 is 1.96 bits per heavy atom. The predicted molar refractivity (Wildman–Crippen MR) is 95.4 cm³/mol. The zero-order valence-electron chi connectivity index (χ0n) is 15.0. The smallest absolute Gasteiger partial charge is 0.317 e. The Morgan fingerprint density at radius 3 is 2.58 bits per heavy atom. The van der Waals surface area contributed by atoms with Crippen LogP contribution in [0.3, 0.4) is 0 Å². The summed E-state index contributed by atoms with van der Waals surface area (Å²) in [6, 6.07) is 7.98. The third kappa shape index (κ3) is 5.13. The summed E-state index contributed by atoms with van der Waals surface area (Å²) in [6.45, 7) is 8.46. The summed E-state index contributed by atoms with van der Waals surface area (Å²) < 4.78 is 5.82. The highest BCUT2D eigenvalue weighted by atomic mass is 16.5. The van der Waals surface area contributed by atoms with E-state index in [9.17, 15) is 9.90 Å². The number of amides is 2. The van der Waals surface area contributed by atoms with Crippen molar-refractivity contribution in [2.24, 2.45) is 5.92 Å². The zero-order valence-corrected chi connectivity index (χ0v) is 15.0. The van der Waals surface area contributed by atoms with Gasteiger partial charge in [-0.2, -0.15) is 0 Å². The molecule has 1 atom stereocenters. The van der Waals surface area contributed by atoms with Crippen LogP contribution in [-0.4, -0.2) is 48.4 Å². The van der Waals surface area contributed by atoms with E-state index in [2.05, 4.69) is 25.2 Å². The van der Waals surface area contributed by atoms with Crippen LogP contribution in [0.4, 0.5) is 4.79 Å². The number of benzene rings is 1. The molecule has 1 aromatic carbocycles. The average molecular weight is 334 g/mol. The molecule has 2 rings (SSSR count). The molecule has 1 heterocycles. The summed E-state index contributed by atoms with van der Waals surface area (Å²) >= 11 is 0. The third-order valence-electron chi connectivity index (χ3n) is 4.69. The molecule has 1 aliphatic rings. The first-order valence-electron chi connectivity index (χ1n) is 8.91. The first kappa shape index (κ1) is 18.6. The summed E-state index contributed by atoms with van der Waals surface area (Å²) in [7, 11) is 0. The van der Waals surface area contributed by atoms with Gasteiger partial charge >= 0.3 is 6.03 Å². The van der Waals surface area contributed by atoms with Gasteiger partial charge in [0, 0.05) is 13.1 Å². The van der Waals surface area contributed by atoms with Gasteiger partial charge in [0.05, 0.1) is 12.6 Å². The minimum absolute atomic E-state index is 0.0419. The number of aliphatic hydroxyl groups is 1. The normalized spacial score (nSPS) is 17.0. The molecule has 0 spiro atoms. The number of aliphatic hydroxyl groups excluding tert-OH is 1. The molecule has 0 aromatic heterocycles. The fraction of sp³-hybridized carbons (Fsp3) is 0.632. The fourth-order valence-corrected chi connectivity index (χ4v) is 3.10. The molecule has 2 N–H and O–H groups in total. The van der Waals surface area contributed by atoms with Crippen LogP contribution >= 0.6 is 0 Å². The molecule has 0 radical (unpaired) electrons. The number of rotatable bonds is 6. The molecule has 5 heteroatoms. The minimum atomic E-state index is -0.287. The molecule has 1 fully saturated rings. The van der Waals surface area contributed by atoms with Crippen LogP contribution in [0.5, 0.6) is 5.75 Å². The van der Waals surface area contributed by atoms with Crippen LogP contribution in [0, 0.1) is 5.92 Å². The number of para-hydroxylation sites is 1. The molecular weight excluding hydrogens is 304 g/mol. The standard InChI is InChI=1S/C19H30N2O3/c1-14(2)17-6-4-5-7-18(17)24-13-10-20-19(23)21-11-8-16(9-12-21)15(3)22/h4-7,14-16,22H,8-13H2,1-3H3,(H,20,23). The van der Waals surface area contributed by atoms with E-state index < -0.39 is 0 Å². The lowest BCUT2D eigenvalue weighted by Gasteiger charge is -2.33. The Bertz CT molecular complexity index is 523. The Labute approximate surface area is 145 Å². The Balaban J connectivity index is 1.70. The molecule has 0 bridgehead atoms. The van der Waals surface area contributed by atoms with Gasteiger partial charge in [0.15, 0.2) is 0 Å². The van der Waals surface area contributed by atoms with E-state index in [0.717, 1.165) is 18.6 Å².